The Morgan fingerprint density at radius 3 is 2.72 bits per heavy atom. The molecule has 0 unspecified atom stereocenters. The largest absolute Gasteiger partial charge is 0.433 e. The van der Waals surface area contributed by atoms with Crippen molar-refractivity contribution in [2.24, 2.45) is 5.92 Å². The molecule has 1 aliphatic rings. The van der Waals surface area contributed by atoms with Gasteiger partial charge in [-0.3, -0.25) is 0 Å². The average molecular weight is 278 g/mol. The van der Waals surface area contributed by atoms with Gasteiger partial charge in [0.2, 0.25) is 0 Å². The summed E-state index contributed by atoms with van der Waals surface area (Å²) in [6.45, 7) is 1.46. The molecule has 0 bridgehead atoms. The van der Waals surface area contributed by atoms with Gasteiger partial charge in [0.1, 0.15) is 5.69 Å². The molecule has 1 saturated heterocycles. The van der Waals surface area contributed by atoms with E-state index in [2.05, 4.69) is 9.97 Å². The van der Waals surface area contributed by atoms with Crippen LogP contribution in [0, 0.1) is 5.92 Å². The quantitative estimate of drug-likeness (QED) is 0.629. The van der Waals surface area contributed by atoms with Crippen LogP contribution in [0.25, 0.3) is 0 Å². The van der Waals surface area contributed by atoms with E-state index in [1.54, 1.807) is 0 Å². The van der Waals surface area contributed by atoms with Crippen molar-refractivity contribution in [3.63, 3.8) is 0 Å². The summed E-state index contributed by atoms with van der Waals surface area (Å²) in [6.07, 6.45) is -1.35. The molecule has 2 heterocycles. The molecule has 0 amide bonds. The molecular weight excluding hydrogens is 265 g/mol. The van der Waals surface area contributed by atoms with E-state index in [1.165, 1.54) is 11.8 Å². The Morgan fingerprint density at radius 2 is 2.06 bits per heavy atom. The molecular formula is C11H13F3N2OS. The van der Waals surface area contributed by atoms with Crippen LogP contribution in [-0.2, 0) is 10.9 Å². The second-order valence-corrected chi connectivity index (χ2v) is 5.08. The van der Waals surface area contributed by atoms with Crippen LogP contribution in [0.4, 0.5) is 13.2 Å². The summed E-state index contributed by atoms with van der Waals surface area (Å²) in [5, 5.41) is 0.191. The van der Waals surface area contributed by atoms with Crippen LogP contribution in [-0.4, -0.2) is 28.9 Å². The molecule has 18 heavy (non-hydrogen) atoms. The highest BCUT2D eigenvalue weighted by Gasteiger charge is 2.32. The Bertz CT molecular complexity index is 394. The highest BCUT2D eigenvalue weighted by atomic mass is 32.2. The van der Waals surface area contributed by atoms with Gasteiger partial charge in [-0.15, -0.1) is 0 Å². The van der Waals surface area contributed by atoms with Crippen molar-refractivity contribution in [3.05, 3.63) is 18.0 Å². The lowest BCUT2D eigenvalue weighted by Gasteiger charge is -2.21. The Balaban J connectivity index is 1.92. The van der Waals surface area contributed by atoms with Gasteiger partial charge in [-0.1, -0.05) is 11.8 Å². The van der Waals surface area contributed by atoms with E-state index in [4.69, 9.17) is 4.74 Å². The first-order valence-electron chi connectivity index (χ1n) is 5.66. The Hall–Kier alpha value is -0.820. The summed E-state index contributed by atoms with van der Waals surface area (Å²) in [7, 11) is 0. The topological polar surface area (TPSA) is 35.0 Å². The van der Waals surface area contributed by atoms with E-state index in [0.717, 1.165) is 44.1 Å². The van der Waals surface area contributed by atoms with Crippen LogP contribution in [0.15, 0.2) is 17.4 Å². The van der Waals surface area contributed by atoms with Crippen molar-refractivity contribution in [1.82, 2.24) is 9.97 Å². The number of nitrogens with zero attached hydrogens (tertiary/aromatic N) is 2. The second kappa shape index (κ2) is 5.88. The fourth-order valence-corrected chi connectivity index (χ4v) is 2.69. The minimum absolute atomic E-state index is 0.191. The van der Waals surface area contributed by atoms with Crippen LogP contribution in [0.5, 0.6) is 0 Å². The zero-order valence-corrected chi connectivity index (χ0v) is 10.4. The van der Waals surface area contributed by atoms with E-state index in [-0.39, 0.29) is 5.16 Å². The smallest absolute Gasteiger partial charge is 0.381 e. The number of aromatic nitrogens is 2. The van der Waals surface area contributed by atoms with Crippen LogP contribution >= 0.6 is 11.8 Å². The van der Waals surface area contributed by atoms with E-state index in [9.17, 15) is 13.2 Å². The number of hydrogen-bond acceptors (Lipinski definition) is 4. The molecule has 100 valence electrons. The maximum Gasteiger partial charge on any atom is 0.433 e. The molecule has 1 aliphatic heterocycles. The molecule has 0 aliphatic carbocycles. The van der Waals surface area contributed by atoms with Gasteiger partial charge in [0.15, 0.2) is 5.16 Å². The number of hydrogen-bond donors (Lipinski definition) is 0. The summed E-state index contributed by atoms with van der Waals surface area (Å²) in [4.78, 5) is 7.38. The summed E-state index contributed by atoms with van der Waals surface area (Å²) < 4.78 is 42.6. The van der Waals surface area contributed by atoms with Crippen molar-refractivity contribution in [2.45, 2.75) is 24.2 Å². The Labute approximate surface area is 107 Å². The Kier molecular flexibility index (Phi) is 4.45. The molecule has 0 aromatic carbocycles. The molecule has 2 rings (SSSR count). The van der Waals surface area contributed by atoms with Crippen molar-refractivity contribution >= 4 is 11.8 Å². The molecule has 0 radical (unpaired) electrons. The van der Waals surface area contributed by atoms with Gasteiger partial charge in [0, 0.05) is 25.2 Å². The van der Waals surface area contributed by atoms with Crippen LogP contribution in [0.1, 0.15) is 18.5 Å². The Morgan fingerprint density at radius 1 is 1.33 bits per heavy atom. The summed E-state index contributed by atoms with van der Waals surface area (Å²) in [5.41, 5.74) is -0.882. The van der Waals surface area contributed by atoms with E-state index in [1.807, 2.05) is 0 Å². The lowest BCUT2D eigenvalue weighted by Crippen LogP contribution is -2.17. The van der Waals surface area contributed by atoms with Crippen molar-refractivity contribution in [2.75, 3.05) is 19.0 Å². The van der Waals surface area contributed by atoms with Crippen molar-refractivity contribution in [3.8, 4) is 0 Å². The molecule has 7 heteroatoms. The van der Waals surface area contributed by atoms with Gasteiger partial charge in [0.05, 0.1) is 0 Å². The predicted octanol–water partition coefficient (Wildman–Crippen LogP) is 3.01. The third-order valence-corrected chi connectivity index (χ3v) is 3.81. The fourth-order valence-electron chi connectivity index (χ4n) is 1.67. The fraction of sp³-hybridized carbons (Fsp3) is 0.636. The van der Waals surface area contributed by atoms with E-state index >= 15 is 0 Å². The van der Waals surface area contributed by atoms with Crippen LogP contribution in [0.3, 0.4) is 0 Å². The molecule has 0 saturated carbocycles. The average Bonchev–Trinajstić information content (AvgIpc) is 2.37. The summed E-state index contributed by atoms with van der Waals surface area (Å²) in [5.74, 6) is 1.21. The minimum atomic E-state index is -4.41. The molecule has 3 nitrogen and oxygen atoms in total. The SMILES string of the molecule is FC(F)(F)c1ccnc(SCC2CCOCC2)n1. The van der Waals surface area contributed by atoms with Gasteiger partial charge in [-0.2, -0.15) is 13.2 Å². The van der Waals surface area contributed by atoms with Gasteiger partial charge >= 0.3 is 6.18 Å². The number of ether oxygens (including phenoxy) is 1. The highest BCUT2D eigenvalue weighted by Crippen LogP contribution is 2.29. The highest BCUT2D eigenvalue weighted by molar-refractivity contribution is 7.99. The third-order valence-electron chi connectivity index (χ3n) is 2.71. The molecule has 1 aromatic rings. The normalized spacial score (nSPS) is 17.9. The molecule has 1 fully saturated rings. The number of alkyl halides is 3. The second-order valence-electron chi connectivity index (χ2n) is 4.09. The number of rotatable bonds is 3. The van der Waals surface area contributed by atoms with Gasteiger partial charge < -0.3 is 4.74 Å². The number of halogens is 3. The van der Waals surface area contributed by atoms with Gasteiger partial charge in [0.25, 0.3) is 0 Å². The van der Waals surface area contributed by atoms with Crippen molar-refractivity contribution < 1.29 is 17.9 Å². The lowest BCUT2D eigenvalue weighted by atomic mass is 10.0. The maximum atomic E-state index is 12.4. The first-order chi connectivity index (χ1) is 8.55. The van der Waals surface area contributed by atoms with Gasteiger partial charge in [-0.25, -0.2) is 9.97 Å². The lowest BCUT2D eigenvalue weighted by molar-refractivity contribution is -0.141. The van der Waals surface area contributed by atoms with E-state index in [0.29, 0.717) is 5.92 Å². The number of thioether (sulfide) groups is 1. The molecule has 1 aromatic heterocycles. The van der Waals surface area contributed by atoms with Crippen molar-refractivity contribution in [1.29, 1.82) is 0 Å². The monoisotopic (exact) mass is 278 g/mol. The molecule has 0 spiro atoms. The first kappa shape index (κ1) is 13.6. The molecule has 0 atom stereocenters. The van der Waals surface area contributed by atoms with E-state index < -0.39 is 11.9 Å². The summed E-state index contributed by atoms with van der Waals surface area (Å²) in [6, 6.07) is 0.887. The molecule has 0 N–H and O–H groups in total. The summed E-state index contributed by atoms with van der Waals surface area (Å²) >= 11 is 1.28. The first-order valence-corrected chi connectivity index (χ1v) is 6.65. The predicted molar refractivity (Wildman–Crippen MR) is 61.3 cm³/mol. The minimum Gasteiger partial charge on any atom is -0.381 e. The zero-order valence-electron chi connectivity index (χ0n) is 9.61. The van der Waals surface area contributed by atoms with Crippen LogP contribution in [0.2, 0.25) is 0 Å². The zero-order chi connectivity index (χ0) is 13.0. The standard InChI is InChI=1S/C11H13F3N2OS/c12-11(13,14)9-1-4-15-10(16-9)18-7-8-2-5-17-6-3-8/h1,4,8H,2-3,5-7H2. The van der Waals surface area contributed by atoms with Gasteiger partial charge in [-0.05, 0) is 24.8 Å². The third kappa shape index (κ3) is 3.84. The maximum absolute atomic E-state index is 12.4. The van der Waals surface area contributed by atoms with Crippen LogP contribution < -0.4 is 0 Å².